The van der Waals surface area contributed by atoms with E-state index in [1.807, 2.05) is 43.5 Å². The molecule has 21 heavy (non-hydrogen) atoms. The van der Waals surface area contributed by atoms with E-state index in [0.717, 1.165) is 17.0 Å². The maximum atomic E-state index is 5.98. The van der Waals surface area contributed by atoms with E-state index in [1.54, 1.807) is 18.5 Å². The second-order valence-corrected chi connectivity index (χ2v) is 4.71. The van der Waals surface area contributed by atoms with Crippen LogP contribution in [0, 0.1) is 0 Å². The molecule has 0 spiro atoms. The van der Waals surface area contributed by atoms with Gasteiger partial charge < -0.3 is 5.73 Å². The number of nitrogens with zero attached hydrogens (tertiary/aromatic N) is 4. The van der Waals surface area contributed by atoms with Crippen LogP contribution in [0.25, 0.3) is 17.0 Å². The normalized spacial score (nSPS) is 11.9. The zero-order valence-electron chi connectivity index (χ0n) is 12.3. The minimum absolute atomic E-state index is 0.216. The van der Waals surface area contributed by atoms with Crippen LogP contribution < -0.4 is 5.73 Å². The predicted octanol–water partition coefficient (Wildman–Crippen LogP) is 3.51. The maximum absolute atomic E-state index is 5.98. The molecule has 3 rings (SSSR count). The molecule has 2 N–H and O–H groups in total. The number of hydrogen-bond acceptors (Lipinski definition) is 4. The number of halogens is 1. The molecular formula is C15H18ClN5. The zero-order chi connectivity index (χ0) is 15.4. The molecule has 3 aromatic heterocycles. The van der Waals surface area contributed by atoms with Crippen molar-refractivity contribution in [3.63, 3.8) is 0 Å². The number of imidazole rings is 1. The van der Waals surface area contributed by atoms with Gasteiger partial charge in [0.25, 0.3) is 0 Å². The smallest absolute Gasteiger partial charge is 0.165 e. The maximum Gasteiger partial charge on any atom is 0.165 e. The summed E-state index contributed by atoms with van der Waals surface area (Å²) in [5.41, 5.74) is 7.52. The summed E-state index contributed by atoms with van der Waals surface area (Å²) < 4.78 is 1.86. The third kappa shape index (κ3) is 3.04. The Bertz CT molecular complexity index is 719. The number of aromatic nitrogens is 4. The predicted molar refractivity (Wildman–Crippen MR) is 85.6 cm³/mol. The first kappa shape index (κ1) is 15.4. The van der Waals surface area contributed by atoms with Gasteiger partial charge in [0.15, 0.2) is 5.65 Å². The topological polar surface area (TPSA) is 69.6 Å². The molecule has 5 nitrogen and oxygen atoms in total. The molecule has 0 fully saturated rings. The number of nitrogens with two attached hydrogens (primary N) is 1. The van der Waals surface area contributed by atoms with Gasteiger partial charge in [0.05, 0.1) is 11.1 Å². The molecule has 0 aliphatic heterocycles. The van der Waals surface area contributed by atoms with Crippen LogP contribution in [0.2, 0.25) is 5.02 Å². The zero-order valence-corrected chi connectivity index (χ0v) is 13.0. The molecule has 0 aliphatic carbocycles. The second kappa shape index (κ2) is 6.65. The van der Waals surface area contributed by atoms with Crippen molar-refractivity contribution in [2.24, 2.45) is 5.73 Å². The fourth-order valence-electron chi connectivity index (χ4n) is 1.96. The van der Waals surface area contributed by atoms with Crippen molar-refractivity contribution >= 4 is 22.8 Å². The number of pyridine rings is 2. The van der Waals surface area contributed by atoms with Gasteiger partial charge >= 0.3 is 0 Å². The van der Waals surface area contributed by atoms with Crippen LogP contribution in [0.1, 0.15) is 32.6 Å². The molecule has 1 atom stereocenters. The van der Waals surface area contributed by atoms with Gasteiger partial charge in [-0.3, -0.25) is 4.57 Å². The van der Waals surface area contributed by atoms with E-state index < -0.39 is 0 Å². The van der Waals surface area contributed by atoms with Crippen molar-refractivity contribution in [1.82, 2.24) is 19.5 Å². The van der Waals surface area contributed by atoms with Gasteiger partial charge in [-0.25, -0.2) is 15.0 Å². The van der Waals surface area contributed by atoms with Crippen LogP contribution in [-0.4, -0.2) is 19.5 Å². The summed E-state index contributed by atoms with van der Waals surface area (Å²) in [7, 11) is 0. The molecule has 0 aliphatic rings. The van der Waals surface area contributed by atoms with Gasteiger partial charge in [0.2, 0.25) is 0 Å². The summed E-state index contributed by atoms with van der Waals surface area (Å²) >= 11 is 5.87. The van der Waals surface area contributed by atoms with Crippen molar-refractivity contribution < 1.29 is 0 Å². The molecule has 0 saturated heterocycles. The third-order valence-electron chi connectivity index (χ3n) is 2.79. The summed E-state index contributed by atoms with van der Waals surface area (Å²) in [6.07, 6.45) is 3.32. The molecule has 0 radical (unpaired) electrons. The second-order valence-electron chi connectivity index (χ2n) is 4.27. The highest BCUT2D eigenvalue weighted by Crippen LogP contribution is 2.22. The monoisotopic (exact) mass is 303 g/mol. The summed E-state index contributed by atoms with van der Waals surface area (Å²) in [6.45, 7) is 5.88. The average molecular weight is 304 g/mol. The standard InChI is InChI=1S/C13H12ClN5.C2H6/c1-8(15)12-18-10-3-2-6-16-13(10)19(12)11-5-4-9(14)7-17-11;1-2/h2-8H,15H2,1H3;1-2H3. The lowest BCUT2D eigenvalue weighted by Gasteiger charge is -2.09. The first-order valence-electron chi connectivity index (χ1n) is 6.87. The van der Waals surface area contributed by atoms with Gasteiger partial charge in [-0.2, -0.15) is 0 Å². The Morgan fingerprint density at radius 2 is 1.95 bits per heavy atom. The molecule has 0 saturated carbocycles. The first-order valence-corrected chi connectivity index (χ1v) is 7.25. The van der Waals surface area contributed by atoms with Crippen molar-refractivity contribution in [1.29, 1.82) is 0 Å². The van der Waals surface area contributed by atoms with Crippen LogP contribution in [0.15, 0.2) is 36.7 Å². The molecule has 0 bridgehead atoms. The third-order valence-corrected chi connectivity index (χ3v) is 3.01. The van der Waals surface area contributed by atoms with Crippen molar-refractivity contribution in [3.8, 4) is 5.82 Å². The highest BCUT2D eigenvalue weighted by molar-refractivity contribution is 6.30. The van der Waals surface area contributed by atoms with E-state index in [-0.39, 0.29) is 6.04 Å². The summed E-state index contributed by atoms with van der Waals surface area (Å²) in [6, 6.07) is 7.14. The highest BCUT2D eigenvalue weighted by Gasteiger charge is 2.16. The fraction of sp³-hybridized carbons (Fsp3) is 0.267. The van der Waals surface area contributed by atoms with Gasteiger partial charge in [-0.05, 0) is 31.2 Å². The van der Waals surface area contributed by atoms with E-state index in [1.165, 1.54) is 0 Å². The van der Waals surface area contributed by atoms with Crippen LogP contribution in [0.5, 0.6) is 0 Å². The van der Waals surface area contributed by atoms with E-state index in [4.69, 9.17) is 17.3 Å². The Morgan fingerprint density at radius 1 is 1.19 bits per heavy atom. The summed E-state index contributed by atoms with van der Waals surface area (Å²) in [5, 5.41) is 0.587. The summed E-state index contributed by atoms with van der Waals surface area (Å²) in [5.74, 6) is 1.43. The Hall–Kier alpha value is -1.98. The summed E-state index contributed by atoms with van der Waals surface area (Å²) in [4.78, 5) is 13.2. The van der Waals surface area contributed by atoms with Gasteiger partial charge in [-0.1, -0.05) is 25.4 Å². The molecule has 6 heteroatoms. The van der Waals surface area contributed by atoms with Crippen molar-refractivity contribution in [2.75, 3.05) is 0 Å². The lowest BCUT2D eigenvalue weighted by molar-refractivity contribution is 0.719. The van der Waals surface area contributed by atoms with Crippen LogP contribution >= 0.6 is 11.6 Å². The quantitative estimate of drug-likeness (QED) is 0.786. The van der Waals surface area contributed by atoms with Gasteiger partial charge in [0.1, 0.15) is 17.2 Å². The van der Waals surface area contributed by atoms with Crippen molar-refractivity contribution in [3.05, 3.63) is 47.5 Å². The minimum Gasteiger partial charge on any atom is -0.322 e. The minimum atomic E-state index is -0.216. The fourth-order valence-corrected chi connectivity index (χ4v) is 2.07. The molecule has 0 amide bonds. The molecule has 1 unspecified atom stereocenters. The van der Waals surface area contributed by atoms with Crippen LogP contribution in [0.3, 0.4) is 0 Å². The van der Waals surface area contributed by atoms with E-state index in [0.29, 0.717) is 10.8 Å². The van der Waals surface area contributed by atoms with Gasteiger partial charge in [0, 0.05) is 12.4 Å². The number of rotatable bonds is 2. The molecular weight excluding hydrogens is 286 g/mol. The molecule has 3 heterocycles. The molecule has 0 aromatic carbocycles. The molecule has 3 aromatic rings. The Labute approximate surface area is 128 Å². The van der Waals surface area contributed by atoms with E-state index >= 15 is 0 Å². The SMILES string of the molecule is CC.CC(N)c1nc2cccnc2n1-c1ccc(Cl)cn1. The number of hydrogen-bond donors (Lipinski definition) is 1. The highest BCUT2D eigenvalue weighted by atomic mass is 35.5. The average Bonchev–Trinajstić information content (AvgIpc) is 2.90. The number of fused-ring (bicyclic) bond motifs is 1. The van der Waals surface area contributed by atoms with Gasteiger partial charge in [-0.15, -0.1) is 0 Å². The van der Waals surface area contributed by atoms with E-state index in [9.17, 15) is 0 Å². The largest absolute Gasteiger partial charge is 0.322 e. The lowest BCUT2D eigenvalue weighted by atomic mass is 10.3. The Morgan fingerprint density at radius 3 is 2.57 bits per heavy atom. The Kier molecular flexibility index (Phi) is 4.88. The lowest BCUT2D eigenvalue weighted by Crippen LogP contribution is -2.13. The first-order chi connectivity index (χ1) is 10.2. The van der Waals surface area contributed by atoms with Crippen LogP contribution in [-0.2, 0) is 0 Å². The Balaban J connectivity index is 0.000000774. The van der Waals surface area contributed by atoms with Crippen molar-refractivity contribution in [2.45, 2.75) is 26.8 Å². The molecule has 110 valence electrons. The van der Waals surface area contributed by atoms with E-state index in [2.05, 4.69) is 15.0 Å². The van der Waals surface area contributed by atoms with Crippen LogP contribution in [0.4, 0.5) is 0 Å².